The second kappa shape index (κ2) is 13.4. The lowest BCUT2D eigenvalue weighted by Gasteiger charge is -2.23. The fraction of sp³-hybridized carbons (Fsp3) is 0.292. The molecule has 4 amide bonds. The Morgan fingerprint density at radius 1 is 0.778 bits per heavy atom. The van der Waals surface area contributed by atoms with E-state index in [-0.39, 0.29) is 18.6 Å². The number of carboxylic acids is 1. The van der Waals surface area contributed by atoms with E-state index in [1.54, 1.807) is 42.5 Å². The van der Waals surface area contributed by atoms with Crippen LogP contribution in [0, 0.1) is 0 Å². The van der Waals surface area contributed by atoms with Gasteiger partial charge in [0.15, 0.2) is 0 Å². The maximum atomic E-state index is 13.0. The largest absolute Gasteiger partial charge is 0.508 e. The lowest BCUT2D eigenvalue weighted by Crippen LogP contribution is -2.57. The summed E-state index contributed by atoms with van der Waals surface area (Å²) >= 11 is 0. The molecule has 12 heteroatoms. The molecule has 3 unspecified atom stereocenters. The molecule has 0 aliphatic heterocycles. The summed E-state index contributed by atoms with van der Waals surface area (Å²) in [6.45, 7) is -0.659. The lowest BCUT2D eigenvalue weighted by molar-refractivity contribution is -0.138. The third kappa shape index (κ3) is 9.43. The molecule has 12 nitrogen and oxygen atoms in total. The molecule has 9 N–H and O–H groups in total. The minimum Gasteiger partial charge on any atom is -0.508 e. The van der Waals surface area contributed by atoms with Crippen LogP contribution >= 0.6 is 0 Å². The van der Waals surface area contributed by atoms with Crippen LogP contribution in [0.4, 0.5) is 0 Å². The number of phenolic OH excluding ortho intramolecular Hbond substituents is 1. The number of benzene rings is 2. The van der Waals surface area contributed by atoms with Gasteiger partial charge in [-0.05, 0) is 29.7 Å². The van der Waals surface area contributed by atoms with Gasteiger partial charge in [0.25, 0.3) is 0 Å². The van der Waals surface area contributed by atoms with E-state index in [2.05, 4.69) is 16.0 Å². The van der Waals surface area contributed by atoms with Crippen molar-refractivity contribution in [3.8, 4) is 5.75 Å². The number of carbonyl (C=O) groups excluding carboxylic acids is 4. The summed E-state index contributed by atoms with van der Waals surface area (Å²) in [5.74, 6) is -4.47. The molecule has 0 aliphatic rings. The van der Waals surface area contributed by atoms with Crippen molar-refractivity contribution >= 4 is 29.6 Å². The topological polar surface area (TPSA) is 214 Å². The Bertz CT molecular complexity index is 1080. The molecule has 0 radical (unpaired) electrons. The molecule has 2 aromatic carbocycles. The Hall–Kier alpha value is -4.45. The van der Waals surface area contributed by atoms with Crippen LogP contribution in [0.1, 0.15) is 17.5 Å². The number of phenols is 1. The van der Waals surface area contributed by atoms with Crippen LogP contribution in [-0.2, 0) is 36.8 Å². The fourth-order valence-corrected chi connectivity index (χ4v) is 3.29. The first kappa shape index (κ1) is 27.8. The molecule has 3 atom stereocenters. The van der Waals surface area contributed by atoms with E-state index in [9.17, 15) is 29.1 Å². The molecule has 2 aromatic rings. The lowest BCUT2D eigenvalue weighted by atomic mass is 10.0. The molecule has 0 aromatic heterocycles. The number of aliphatic carboxylic acids is 1. The van der Waals surface area contributed by atoms with Crippen molar-refractivity contribution in [2.24, 2.45) is 11.5 Å². The quantitative estimate of drug-likeness (QED) is 0.173. The van der Waals surface area contributed by atoms with Gasteiger partial charge >= 0.3 is 5.97 Å². The summed E-state index contributed by atoms with van der Waals surface area (Å²) in [5.41, 5.74) is 12.5. The SMILES string of the molecule is NC(=O)CC(NC(=O)C(N)Cc1ccc(O)cc1)C(=O)NC(Cc1ccccc1)C(=O)NCC(=O)O. The standard InChI is InChI=1S/C24H29N5O7/c25-17(10-15-6-8-16(30)9-7-15)22(34)28-19(12-20(26)31)24(36)29-18(23(35)27-13-21(32)33)11-14-4-2-1-3-5-14/h1-9,17-19,30H,10-13,25H2,(H2,26,31)(H,27,35)(H,28,34)(H,29,36)(H,32,33). The van der Waals surface area contributed by atoms with E-state index in [1.807, 2.05) is 0 Å². The molecular formula is C24H29N5O7. The molecule has 0 heterocycles. The van der Waals surface area contributed by atoms with Crippen molar-refractivity contribution in [1.29, 1.82) is 0 Å². The number of primary amides is 1. The van der Waals surface area contributed by atoms with E-state index < -0.39 is 60.7 Å². The van der Waals surface area contributed by atoms with E-state index in [0.717, 1.165) is 0 Å². The minimum absolute atomic E-state index is 0.0234. The Morgan fingerprint density at radius 2 is 1.36 bits per heavy atom. The first-order valence-corrected chi connectivity index (χ1v) is 11.0. The number of amides is 4. The maximum absolute atomic E-state index is 13.0. The number of hydrogen-bond donors (Lipinski definition) is 7. The molecule has 0 saturated carbocycles. The fourth-order valence-electron chi connectivity index (χ4n) is 3.29. The van der Waals surface area contributed by atoms with E-state index in [0.29, 0.717) is 11.1 Å². The summed E-state index contributed by atoms with van der Waals surface area (Å²) in [5, 5.41) is 25.3. The first-order chi connectivity index (χ1) is 17.0. The van der Waals surface area contributed by atoms with Crippen molar-refractivity contribution in [3.63, 3.8) is 0 Å². The highest BCUT2D eigenvalue weighted by Gasteiger charge is 2.29. The molecule has 0 fully saturated rings. The van der Waals surface area contributed by atoms with Gasteiger partial charge in [-0.25, -0.2) is 0 Å². The van der Waals surface area contributed by atoms with Crippen LogP contribution < -0.4 is 27.4 Å². The molecule has 36 heavy (non-hydrogen) atoms. The average molecular weight is 500 g/mol. The smallest absolute Gasteiger partial charge is 0.322 e. The van der Waals surface area contributed by atoms with E-state index >= 15 is 0 Å². The predicted molar refractivity (Wildman–Crippen MR) is 128 cm³/mol. The van der Waals surface area contributed by atoms with Crippen molar-refractivity contribution in [1.82, 2.24) is 16.0 Å². The predicted octanol–water partition coefficient (Wildman–Crippen LogP) is -1.45. The van der Waals surface area contributed by atoms with Gasteiger partial charge in [-0.2, -0.15) is 0 Å². The molecule has 0 bridgehead atoms. The molecule has 2 rings (SSSR count). The van der Waals surface area contributed by atoms with Crippen molar-refractivity contribution in [2.45, 2.75) is 37.4 Å². The molecule has 0 spiro atoms. The number of hydrogen-bond acceptors (Lipinski definition) is 7. The highest BCUT2D eigenvalue weighted by molar-refractivity contribution is 5.96. The second-order valence-corrected chi connectivity index (χ2v) is 8.07. The Labute approximate surface area is 207 Å². The van der Waals surface area contributed by atoms with Gasteiger partial charge in [-0.3, -0.25) is 24.0 Å². The minimum atomic E-state index is -1.42. The van der Waals surface area contributed by atoms with Gasteiger partial charge in [0, 0.05) is 6.42 Å². The van der Waals surface area contributed by atoms with Crippen LogP contribution in [0.5, 0.6) is 5.75 Å². The maximum Gasteiger partial charge on any atom is 0.322 e. The monoisotopic (exact) mass is 499 g/mol. The zero-order valence-corrected chi connectivity index (χ0v) is 19.3. The molecule has 0 saturated heterocycles. The van der Waals surface area contributed by atoms with E-state index in [4.69, 9.17) is 16.6 Å². The second-order valence-electron chi connectivity index (χ2n) is 8.07. The van der Waals surface area contributed by atoms with Gasteiger partial charge < -0.3 is 37.6 Å². The zero-order chi connectivity index (χ0) is 26.7. The van der Waals surface area contributed by atoms with Crippen LogP contribution in [0.15, 0.2) is 54.6 Å². The summed E-state index contributed by atoms with van der Waals surface area (Å²) < 4.78 is 0. The molecule has 192 valence electrons. The highest BCUT2D eigenvalue weighted by Crippen LogP contribution is 2.11. The average Bonchev–Trinajstić information content (AvgIpc) is 2.83. The molecular weight excluding hydrogens is 470 g/mol. The van der Waals surface area contributed by atoms with Gasteiger partial charge in [-0.15, -0.1) is 0 Å². The number of rotatable bonds is 13. The van der Waals surface area contributed by atoms with E-state index in [1.165, 1.54) is 12.1 Å². The van der Waals surface area contributed by atoms with Crippen LogP contribution in [0.25, 0.3) is 0 Å². The Balaban J connectivity index is 2.12. The van der Waals surface area contributed by atoms with Gasteiger partial charge in [0.1, 0.15) is 24.4 Å². The summed E-state index contributed by atoms with van der Waals surface area (Å²) in [6.07, 6.45) is -0.445. The van der Waals surface area contributed by atoms with Crippen LogP contribution in [-0.4, -0.2) is 64.5 Å². The Morgan fingerprint density at radius 3 is 1.94 bits per heavy atom. The van der Waals surface area contributed by atoms with Crippen LogP contribution in [0.3, 0.4) is 0 Å². The highest BCUT2D eigenvalue weighted by atomic mass is 16.4. The van der Waals surface area contributed by atoms with Gasteiger partial charge in [0.05, 0.1) is 12.5 Å². The number of nitrogens with two attached hydrogens (primary N) is 2. The summed E-state index contributed by atoms with van der Waals surface area (Å²) in [7, 11) is 0. The molecule has 0 aliphatic carbocycles. The van der Waals surface area contributed by atoms with Crippen molar-refractivity contribution in [3.05, 3.63) is 65.7 Å². The number of carbonyl (C=O) groups is 5. The number of nitrogens with one attached hydrogen (secondary N) is 3. The first-order valence-electron chi connectivity index (χ1n) is 11.0. The van der Waals surface area contributed by atoms with Crippen LogP contribution in [0.2, 0.25) is 0 Å². The summed E-state index contributed by atoms with van der Waals surface area (Å²) in [6, 6.07) is 11.0. The van der Waals surface area contributed by atoms with Crippen molar-refractivity contribution in [2.75, 3.05) is 6.54 Å². The zero-order valence-electron chi connectivity index (χ0n) is 19.3. The number of aromatic hydroxyl groups is 1. The third-order valence-corrected chi connectivity index (χ3v) is 5.10. The third-order valence-electron chi connectivity index (χ3n) is 5.10. The Kier molecular flexibility index (Phi) is 10.4. The normalized spacial score (nSPS) is 13.0. The van der Waals surface area contributed by atoms with Crippen molar-refractivity contribution < 1.29 is 34.2 Å². The number of carboxylic acid groups (broad SMARTS) is 1. The van der Waals surface area contributed by atoms with Gasteiger partial charge in [0.2, 0.25) is 23.6 Å². The summed E-state index contributed by atoms with van der Waals surface area (Å²) in [4.78, 5) is 60.6. The van der Waals surface area contributed by atoms with Gasteiger partial charge in [-0.1, -0.05) is 42.5 Å².